The summed E-state index contributed by atoms with van der Waals surface area (Å²) in [5.74, 6) is -1.71. The van der Waals surface area contributed by atoms with Crippen molar-refractivity contribution in [2.45, 2.75) is 36.6 Å². The second-order valence-corrected chi connectivity index (χ2v) is 9.22. The van der Waals surface area contributed by atoms with Crippen LogP contribution in [0, 0.1) is 11.8 Å². The highest BCUT2D eigenvalue weighted by Gasteiger charge is 2.45. The molecule has 0 spiro atoms. The second kappa shape index (κ2) is 11.7. The quantitative estimate of drug-likeness (QED) is 0.226. The second-order valence-electron chi connectivity index (χ2n) is 9.22. The number of rotatable bonds is 9. The topological polar surface area (TPSA) is 185 Å². The zero-order chi connectivity index (χ0) is 27.6. The van der Waals surface area contributed by atoms with Crippen LogP contribution in [-0.4, -0.2) is 101 Å². The normalized spacial score (nSPS) is 30.0. The van der Waals surface area contributed by atoms with E-state index < -0.39 is 67.6 Å². The van der Waals surface area contributed by atoms with Crippen molar-refractivity contribution in [3.05, 3.63) is 47.5 Å². The molecule has 1 unspecified atom stereocenters. The van der Waals surface area contributed by atoms with E-state index in [1.807, 2.05) is 0 Å². The average molecular weight is 537 g/mol. The van der Waals surface area contributed by atoms with E-state index in [-0.39, 0.29) is 29.6 Å². The van der Waals surface area contributed by atoms with Crippen molar-refractivity contribution < 1.29 is 59.1 Å². The van der Waals surface area contributed by atoms with Crippen LogP contribution >= 0.6 is 0 Å². The summed E-state index contributed by atoms with van der Waals surface area (Å²) in [6.07, 6.45) is -7.31. The number of hydrogen-bond acceptors (Lipinski definition) is 12. The first-order valence-corrected chi connectivity index (χ1v) is 12.0. The summed E-state index contributed by atoms with van der Waals surface area (Å²) < 4.78 is 27.2. The number of phenols is 1. The molecule has 2 fully saturated rings. The molecular formula is C26H32O12. The number of cyclic esters (lactones) is 1. The van der Waals surface area contributed by atoms with Crippen molar-refractivity contribution in [1.29, 1.82) is 0 Å². The first-order chi connectivity index (χ1) is 18.2. The summed E-state index contributed by atoms with van der Waals surface area (Å²) in [6, 6.07) is 9.70. The Kier molecular flexibility index (Phi) is 8.61. The summed E-state index contributed by atoms with van der Waals surface area (Å²) in [6.45, 7) is -0.957. The monoisotopic (exact) mass is 536 g/mol. The lowest BCUT2D eigenvalue weighted by molar-refractivity contribution is -0.277. The highest BCUT2D eigenvalue weighted by Crippen LogP contribution is 2.44. The number of aliphatic hydroxyl groups excluding tert-OH is 5. The Hall–Kier alpha value is -3.13. The van der Waals surface area contributed by atoms with Crippen molar-refractivity contribution >= 4 is 5.97 Å². The lowest BCUT2D eigenvalue weighted by Gasteiger charge is -2.39. The number of esters is 1. The number of hydrogen-bond donors (Lipinski definition) is 6. The molecule has 2 saturated heterocycles. The Balaban J connectivity index is 1.71. The predicted octanol–water partition coefficient (Wildman–Crippen LogP) is -0.499. The van der Waals surface area contributed by atoms with Crippen molar-refractivity contribution in [2.24, 2.45) is 11.8 Å². The zero-order valence-electron chi connectivity index (χ0n) is 20.8. The van der Waals surface area contributed by atoms with E-state index in [1.54, 1.807) is 30.3 Å². The van der Waals surface area contributed by atoms with E-state index in [4.69, 9.17) is 23.7 Å². The third kappa shape index (κ3) is 5.23. The van der Waals surface area contributed by atoms with Crippen LogP contribution in [0.15, 0.2) is 36.4 Å². The molecule has 0 amide bonds. The van der Waals surface area contributed by atoms with Crippen LogP contribution in [0.2, 0.25) is 0 Å². The van der Waals surface area contributed by atoms with Gasteiger partial charge in [0.25, 0.3) is 0 Å². The van der Waals surface area contributed by atoms with Crippen LogP contribution in [0.3, 0.4) is 0 Å². The van der Waals surface area contributed by atoms with E-state index in [1.165, 1.54) is 20.3 Å². The largest absolute Gasteiger partial charge is 0.504 e. The van der Waals surface area contributed by atoms with Gasteiger partial charge in [0.1, 0.15) is 24.4 Å². The zero-order valence-corrected chi connectivity index (χ0v) is 20.8. The van der Waals surface area contributed by atoms with Crippen LogP contribution in [0.1, 0.15) is 17.0 Å². The number of phenolic OH excluding ortho intramolecular Hbond substituents is 1. The molecule has 0 aromatic heterocycles. The van der Waals surface area contributed by atoms with Gasteiger partial charge in [-0.1, -0.05) is 12.1 Å². The summed E-state index contributed by atoms with van der Waals surface area (Å²) in [5, 5.41) is 59.9. The highest BCUT2D eigenvalue weighted by molar-refractivity contribution is 5.75. The van der Waals surface area contributed by atoms with E-state index in [2.05, 4.69) is 0 Å². The molecule has 2 aliphatic rings. The van der Waals surface area contributed by atoms with Gasteiger partial charge in [-0.3, -0.25) is 4.79 Å². The Morgan fingerprint density at radius 1 is 0.895 bits per heavy atom. The van der Waals surface area contributed by atoms with Gasteiger partial charge in [0.15, 0.2) is 23.0 Å². The van der Waals surface area contributed by atoms with Gasteiger partial charge in [0.05, 0.1) is 40.0 Å². The molecule has 2 heterocycles. The molecule has 4 rings (SSSR count). The Labute approximate surface area is 218 Å². The van der Waals surface area contributed by atoms with E-state index in [0.717, 1.165) is 0 Å². The number of benzene rings is 2. The SMILES string of the molecule is COc1cc(C(c2ccc(O[C@@H]3O[C@H](CO)[C@@H](O)[C@H](O)[C@H]3O)c(OC)c2)[C@@H]2COC(=O)[C@@H]2CO)ccc1O. The number of carbonyl (C=O) groups is 1. The van der Waals surface area contributed by atoms with Crippen molar-refractivity contribution in [3.63, 3.8) is 0 Å². The molecule has 2 aliphatic heterocycles. The molecular weight excluding hydrogens is 504 g/mol. The lowest BCUT2D eigenvalue weighted by Crippen LogP contribution is -2.60. The van der Waals surface area contributed by atoms with Crippen molar-refractivity contribution in [1.82, 2.24) is 0 Å². The van der Waals surface area contributed by atoms with Gasteiger partial charge >= 0.3 is 5.97 Å². The van der Waals surface area contributed by atoms with Crippen LogP contribution in [0.5, 0.6) is 23.0 Å². The van der Waals surface area contributed by atoms with E-state index in [9.17, 15) is 35.4 Å². The lowest BCUT2D eigenvalue weighted by atomic mass is 9.75. The standard InChI is InChI=1S/C26H32O12/c1-34-18-7-12(3-5-16(18)29)21(15-11-36-25(33)14(15)9-27)13-4-6-17(19(8-13)35-2)37-26-24(32)23(31)22(30)20(10-28)38-26/h3-8,14-15,20-24,26-32H,9-11H2,1-2H3/t14-,15-,20-,21?,22-,23+,24-,26-/m1/s1. The Morgan fingerprint density at radius 3 is 2.18 bits per heavy atom. The van der Waals surface area contributed by atoms with Crippen molar-refractivity contribution in [3.8, 4) is 23.0 Å². The molecule has 0 aliphatic carbocycles. The molecule has 0 bridgehead atoms. The number of ether oxygens (including phenoxy) is 5. The maximum absolute atomic E-state index is 12.3. The van der Waals surface area contributed by atoms with Gasteiger partial charge in [-0.25, -0.2) is 0 Å². The minimum Gasteiger partial charge on any atom is -0.504 e. The summed E-state index contributed by atoms with van der Waals surface area (Å²) in [7, 11) is 2.82. The van der Waals surface area contributed by atoms with E-state index in [0.29, 0.717) is 11.1 Å². The smallest absolute Gasteiger partial charge is 0.311 e. The number of aliphatic hydroxyl groups is 5. The fourth-order valence-electron chi connectivity index (χ4n) is 4.95. The molecule has 2 aromatic carbocycles. The molecule has 2 aromatic rings. The summed E-state index contributed by atoms with van der Waals surface area (Å²) >= 11 is 0. The third-order valence-corrected chi connectivity index (χ3v) is 7.06. The van der Waals surface area contributed by atoms with Gasteiger partial charge < -0.3 is 54.3 Å². The Bertz CT molecular complexity index is 1120. The van der Waals surface area contributed by atoms with Crippen LogP contribution in [-0.2, 0) is 14.3 Å². The van der Waals surface area contributed by atoms with Gasteiger partial charge in [0, 0.05) is 11.8 Å². The maximum Gasteiger partial charge on any atom is 0.311 e. The highest BCUT2D eigenvalue weighted by atomic mass is 16.7. The minimum absolute atomic E-state index is 0.0589. The number of carbonyl (C=O) groups excluding carboxylic acids is 1. The van der Waals surface area contributed by atoms with Crippen LogP contribution in [0.4, 0.5) is 0 Å². The van der Waals surface area contributed by atoms with Gasteiger partial charge in [0.2, 0.25) is 6.29 Å². The molecule has 0 saturated carbocycles. The number of methoxy groups -OCH3 is 2. The molecule has 12 heteroatoms. The maximum atomic E-state index is 12.3. The van der Waals surface area contributed by atoms with Gasteiger partial charge in [-0.15, -0.1) is 0 Å². The molecule has 6 N–H and O–H groups in total. The summed E-state index contributed by atoms with van der Waals surface area (Å²) in [4.78, 5) is 12.3. The fourth-order valence-corrected chi connectivity index (χ4v) is 4.95. The Morgan fingerprint density at radius 2 is 1.55 bits per heavy atom. The van der Waals surface area contributed by atoms with E-state index >= 15 is 0 Å². The van der Waals surface area contributed by atoms with Crippen molar-refractivity contribution in [2.75, 3.05) is 34.0 Å². The molecule has 0 radical (unpaired) electrons. The van der Waals surface area contributed by atoms with Gasteiger partial charge in [-0.2, -0.15) is 0 Å². The van der Waals surface area contributed by atoms with Gasteiger partial charge in [-0.05, 0) is 35.4 Å². The first-order valence-electron chi connectivity index (χ1n) is 12.0. The fraction of sp³-hybridized carbons (Fsp3) is 0.500. The average Bonchev–Trinajstić information content (AvgIpc) is 3.30. The summed E-state index contributed by atoms with van der Waals surface area (Å²) in [5.41, 5.74) is 1.35. The molecule has 208 valence electrons. The van der Waals surface area contributed by atoms with Crippen LogP contribution < -0.4 is 14.2 Å². The number of aromatic hydroxyl groups is 1. The third-order valence-electron chi connectivity index (χ3n) is 7.06. The molecule has 12 nitrogen and oxygen atoms in total. The predicted molar refractivity (Wildman–Crippen MR) is 129 cm³/mol. The van der Waals surface area contributed by atoms with Crippen LogP contribution in [0.25, 0.3) is 0 Å². The minimum atomic E-state index is -1.61. The first kappa shape index (κ1) is 27.9. The molecule has 38 heavy (non-hydrogen) atoms. The molecule has 8 atom stereocenters.